The molecule has 6 heteroatoms. The van der Waals surface area contributed by atoms with E-state index in [0.29, 0.717) is 10.7 Å². The number of carbonyl (C=O) groups is 1. The lowest BCUT2D eigenvalue weighted by atomic mass is 10.1. The van der Waals surface area contributed by atoms with Gasteiger partial charge in [0.25, 0.3) is 5.91 Å². The highest BCUT2D eigenvalue weighted by molar-refractivity contribution is 9.10. The third-order valence-corrected chi connectivity index (χ3v) is 4.09. The molecular formula is C16H9BrCl2N2O. The molecule has 1 N–H and O–H groups in total. The molecule has 0 saturated heterocycles. The summed E-state index contributed by atoms with van der Waals surface area (Å²) in [6, 6.07) is 14.0. The average molecular weight is 396 g/mol. The van der Waals surface area contributed by atoms with Crippen molar-refractivity contribution in [3.63, 3.8) is 0 Å². The zero-order valence-corrected chi connectivity index (χ0v) is 14.2. The number of nitriles is 1. The van der Waals surface area contributed by atoms with Crippen molar-refractivity contribution in [1.29, 1.82) is 5.26 Å². The maximum atomic E-state index is 12.2. The number of amides is 1. The third kappa shape index (κ3) is 4.11. The predicted octanol–water partition coefficient (Wildman–Crippen LogP) is 5.30. The van der Waals surface area contributed by atoms with Gasteiger partial charge >= 0.3 is 0 Å². The maximum absolute atomic E-state index is 12.2. The number of halogens is 3. The summed E-state index contributed by atoms with van der Waals surface area (Å²) >= 11 is 15.2. The van der Waals surface area contributed by atoms with E-state index in [0.717, 1.165) is 10.0 Å². The monoisotopic (exact) mass is 394 g/mol. The molecule has 2 rings (SSSR count). The summed E-state index contributed by atoms with van der Waals surface area (Å²) in [6.07, 6.45) is 1.50. The van der Waals surface area contributed by atoms with Gasteiger partial charge in [-0.1, -0.05) is 57.3 Å². The molecule has 1 amide bonds. The molecule has 0 heterocycles. The van der Waals surface area contributed by atoms with Gasteiger partial charge in [-0.25, -0.2) is 0 Å². The van der Waals surface area contributed by atoms with Crippen LogP contribution in [0.3, 0.4) is 0 Å². The first-order chi connectivity index (χ1) is 10.5. The van der Waals surface area contributed by atoms with E-state index >= 15 is 0 Å². The Kier molecular flexibility index (Phi) is 5.62. The van der Waals surface area contributed by atoms with Crippen molar-refractivity contribution in [2.24, 2.45) is 0 Å². The third-order valence-electron chi connectivity index (χ3n) is 2.75. The van der Waals surface area contributed by atoms with Crippen molar-refractivity contribution in [2.45, 2.75) is 0 Å². The molecule has 0 radical (unpaired) electrons. The van der Waals surface area contributed by atoms with Gasteiger partial charge in [-0.2, -0.15) is 5.26 Å². The normalized spacial score (nSPS) is 10.9. The van der Waals surface area contributed by atoms with Gasteiger partial charge in [0.15, 0.2) is 0 Å². The minimum Gasteiger partial charge on any atom is -0.320 e. The number of hydrogen-bond acceptors (Lipinski definition) is 2. The fourth-order valence-electron chi connectivity index (χ4n) is 1.66. The molecule has 110 valence electrons. The highest BCUT2D eigenvalue weighted by Crippen LogP contribution is 2.29. The number of benzene rings is 2. The summed E-state index contributed by atoms with van der Waals surface area (Å²) < 4.78 is 0.915. The van der Waals surface area contributed by atoms with Crippen LogP contribution in [0.1, 0.15) is 5.56 Å². The van der Waals surface area contributed by atoms with Crippen LogP contribution in [0.4, 0.5) is 5.69 Å². The van der Waals surface area contributed by atoms with E-state index in [9.17, 15) is 4.79 Å². The van der Waals surface area contributed by atoms with E-state index < -0.39 is 5.91 Å². The van der Waals surface area contributed by atoms with Crippen molar-refractivity contribution in [2.75, 3.05) is 5.32 Å². The first-order valence-electron chi connectivity index (χ1n) is 6.14. The van der Waals surface area contributed by atoms with Crippen LogP contribution in [0.2, 0.25) is 10.0 Å². The SMILES string of the molecule is N#C/C(=C\c1ccc(Br)cc1)C(=O)Nc1cccc(Cl)c1Cl. The molecule has 0 saturated carbocycles. The molecule has 2 aromatic carbocycles. The number of carbonyl (C=O) groups excluding carboxylic acids is 1. The molecule has 22 heavy (non-hydrogen) atoms. The van der Waals surface area contributed by atoms with Crippen molar-refractivity contribution in [1.82, 2.24) is 0 Å². The Balaban J connectivity index is 2.24. The number of nitrogens with zero attached hydrogens (tertiary/aromatic N) is 1. The van der Waals surface area contributed by atoms with E-state index in [4.69, 9.17) is 28.5 Å². The fourth-order valence-corrected chi connectivity index (χ4v) is 2.28. The van der Waals surface area contributed by atoms with Crippen LogP contribution in [-0.2, 0) is 4.79 Å². The number of hydrogen-bond donors (Lipinski definition) is 1. The van der Waals surface area contributed by atoms with Gasteiger partial charge in [0.05, 0.1) is 15.7 Å². The molecule has 0 aliphatic rings. The van der Waals surface area contributed by atoms with Crippen LogP contribution < -0.4 is 5.32 Å². The molecule has 2 aromatic rings. The van der Waals surface area contributed by atoms with E-state index in [-0.39, 0.29) is 10.6 Å². The van der Waals surface area contributed by atoms with Gasteiger partial charge in [0.1, 0.15) is 11.6 Å². The second-order valence-electron chi connectivity index (χ2n) is 4.28. The number of anilines is 1. The largest absolute Gasteiger partial charge is 0.320 e. The zero-order valence-electron chi connectivity index (χ0n) is 11.1. The highest BCUT2D eigenvalue weighted by atomic mass is 79.9. The highest BCUT2D eigenvalue weighted by Gasteiger charge is 2.12. The topological polar surface area (TPSA) is 52.9 Å². The van der Waals surface area contributed by atoms with E-state index in [1.807, 2.05) is 18.2 Å². The minimum atomic E-state index is -0.547. The standard InChI is InChI=1S/C16H9BrCl2N2O/c17-12-6-4-10(5-7-12)8-11(9-20)16(22)21-14-3-1-2-13(18)15(14)19/h1-8H,(H,21,22)/b11-8+. The van der Waals surface area contributed by atoms with Crippen LogP contribution in [0.25, 0.3) is 6.08 Å². The summed E-state index contributed by atoms with van der Waals surface area (Å²) in [5.74, 6) is -0.547. The van der Waals surface area contributed by atoms with Crippen molar-refractivity contribution in [3.8, 4) is 6.07 Å². The molecule has 3 nitrogen and oxygen atoms in total. The van der Waals surface area contributed by atoms with Gasteiger partial charge in [0.2, 0.25) is 0 Å². The zero-order chi connectivity index (χ0) is 16.1. The second kappa shape index (κ2) is 7.46. The maximum Gasteiger partial charge on any atom is 0.266 e. The molecule has 0 fully saturated rings. The Bertz CT molecular complexity index is 780. The molecular weight excluding hydrogens is 387 g/mol. The van der Waals surface area contributed by atoms with Crippen LogP contribution in [-0.4, -0.2) is 5.91 Å². The van der Waals surface area contributed by atoms with Crippen LogP contribution in [0, 0.1) is 11.3 Å². The molecule has 0 aliphatic heterocycles. The first kappa shape index (κ1) is 16.6. The lowest BCUT2D eigenvalue weighted by Crippen LogP contribution is -2.13. The Hall–Kier alpha value is -1.80. The summed E-state index contributed by atoms with van der Waals surface area (Å²) in [4.78, 5) is 12.2. The van der Waals surface area contributed by atoms with Crippen molar-refractivity contribution < 1.29 is 4.79 Å². The Morgan fingerprint density at radius 2 is 1.86 bits per heavy atom. The smallest absolute Gasteiger partial charge is 0.266 e. The van der Waals surface area contributed by atoms with Crippen LogP contribution >= 0.6 is 39.1 Å². The summed E-state index contributed by atoms with van der Waals surface area (Å²) in [7, 11) is 0. The molecule has 0 spiro atoms. The number of nitrogens with one attached hydrogen (secondary N) is 1. The molecule has 0 aliphatic carbocycles. The summed E-state index contributed by atoms with van der Waals surface area (Å²) in [6.45, 7) is 0. The first-order valence-corrected chi connectivity index (χ1v) is 7.69. The second-order valence-corrected chi connectivity index (χ2v) is 5.98. The van der Waals surface area contributed by atoms with Gasteiger partial charge in [-0.15, -0.1) is 0 Å². The molecule has 0 aromatic heterocycles. The average Bonchev–Trinajstić information content (AvgIpc) is 2.51. The summed E-state index contributed by atoms with van der Waals surface area (Å²) in [5, 5.41) is 12.3. The van der Waals surface area contributed by atoms with Crippen LogP contribution in [0.5, 0.6) is 0 Å². The Morgan fingerprint density at radius 3 is 2.50 bits per heavy atom. The van der Waals surface area contributed by atoms with Gasteiger partial charge in [-0.05, 0) is 35.9 Å². The summed E-state index contributed by atoms with van der Waals surface area (Å²) in [5.41, 5.74) is 1.07. The molecule has 0 atom stereocenters. The quantitative estimate of drug-likeness (QED) is 0.566. The minimum absolute atomic E-state index is 0.0293. The van der Waals surface area contributed by atoms with E-state index in [1.54, 1.807) is 30.3 Å². The van der Waals surface area contributed by atoms with Crippen molar-refractivity contribution in [3.05, 3.63) is 68.1 Å². The van der Waals surface area contributed by atoms with Crippen molar-refractivity contribution >= 4 is 56.8 Å². The van der Waals surface area contributed by atoms with E-state index in [2.05, 4.69) is 21.2 Å². The van der Waals surface area contributed by atoms with Crippen LogP contribution in [0.15, 0.2) is 52.5 Å². The Morgan fingerprint density at radius 1 is 1.18 bits per heavy atom. The molecule has 0 bridgehead atoms. The van der Waals surface area contributed by atoms with Gasteiger partial charge in [0, 0.05) is 4.47 Å². The lowest BCUT2D eigenvalue weighted by Gasteiger charge is -2.07. The number of rotatable bonds is 3. The lowest BCUT2D eigenvalue weighted by molar-refractivity contribution is -0.112. The van der Waals surface area contributed by atoms with Gasteiger partial charge < -0.3 is 5.32 Å². The molecule has 0 unspecified atom stereocenters. The van der Waals surface area contributed by atoms with Gasteiger partial charge in [-0.3, -0.25) is 4.79 Å². The Labute approximate surface area is 146 Å². The fraction of sp³-hybridized carbons (Fsp3) is 0. The van der Waals surface area contributed by atoms with E-state index in [1.165, 1.54) is 6.08 Å². The predicted molar refractivity (Wildman–Crippen MR) is 92.8 cm³/mol.